The zero-order chi connectivity index (χ0) is 19.5. The van der Waals surface area contributed by atoms with Crippen LogP contribution in [0, 0.1) is 5.82 Å². The molecule has 0 atom stereocenters. The van der Waals surface area contributed by atoms with Gasteiger partial charge in [-0.3, -0.25) is 4.99 Å². The molecule has 3 N–H and O–H groups in total. The number of primary amides is 1. The standard InChI is InChI=1S/C22H20FN3OS/c23-16-6-5-15-9-10-25-21(19(15)13-16)18-8-4-14(12-20(18)26-22(24)27)3-7-17-2-1-11-28-17/h1-2,4-6,8,11-13H,3,7,9-10H2,(H3,24,26,27). The van der Waals surface area contributed by atoms with Crippen molar-refractivity contribution in [2.75, 3.05) is 11.9 Å². The maximum atomic E-state index is 13.8. The second-order valence-corrected chi connectivity index (χ2v) is 7.76. The Balaban J connectivity index is 1.69. The van der Waals surface area contributed by atoms with Gasteiger partial charge >= 0.3 is 6.03 Å². The summed E-state index contributed by atoms with van der Waals surface area (Å²) in [5.41, 5.74) is 10.4. The first-order valence-corrected chi connectivity index (χ1v) is 10.0. The summed E-state index contributed by atoms with van der Waals surface area (Å²) in [5.74, 6) is -0.301. The molecule has 3 aromatic rings. The maximum Gasteiger partial charge on any atom is 0.316 e. The molecule has 4 nitrogen and oxygen atoms in total. The predicted octanol–water partition coefficient (Wildman–Crippen LogP) is 4.56. The molecular weight excluding hydrogens is 373 g/mol. The lowest BCUT2D eigenvalue weighted by Crippen LogP contribution is -2.23. The number of hydrogen-bond donors (Lipinski definition) is 2. The van der Waals surface area contributed by atoms with Gasteiger partial charge in [0.05, 0.1) is 11.4 Å². The number of anilines is 1. The summed E-state index contributed by atoms with van der Waals surface area (Å²) in [4.78, 5) is 17.5. The molecule has 2 heterocycles. The fourth-order valence-electron chi connectivity index (χ4n) is 3.50. The number of carbonyl (C=O) groups is 1. The zero-order valence-corrected chi connectivity index (χ0v) is 16.1. The molecule has 2 amide bonds. The summed E-state index contributed by atoms with van der Waals surface area (Å²) in [6.45, 7) is 0.629. The maximum absolute atomic E-state index is 13.8. The van der Waals surface area contributed by atoms with E-state index in [1.165, 1.54) is 17.0 Å². The van der Waals surface area contributed by atoms with Crippen molar-refractivity contribution in [2.24, 2.45) is 10.7 Å². The lowest BCUT2D eigenvalue weighted by Gasteiger charge is -2.20. The number of benzene rings is 2. The summed E-state index contributed by atoms with van der Waals surface area (Å²) in [5, 5.41) is 4.78. The normalized spacial score (nSPS) is 13.0. The van der Waals surface area contributed by atoms with Gasteiger partial charge in [0.2, 0.25) is 0 Å². The van der Waals surface area contributed by atoms with Crippen LogP contribution in [-0.2, 0) is 19.3 Å². The van der Waals surface area contributed by atoms with E-state index in [-0.39, 0.29) is 5.82 Å². The van der Waals surface area contributed by atoms with Crippen molar-refractivity contribution in [3.8, 4) is 0 Å². The SMILES string of the molecule is NC(=O)Nc1cc(CCc2cccs2)ccc1C1=NCCc2ccc(F)cc21. The van der Waals surface area contributed by atoms with E-state index >= 15 is 0 Å². The fraction of sp³-hybridized carbons (Fsp3) is 0.182. The summed E-state index contributed by atoms with van der Waals surface area (Å²) in [6, 6.07) is 14.2. The summed E-state index contributed by atoms with van der Waals surface area (Å²) < 4.78 is 13.8. The number of aliphatic imine (C=N–C) groups is 1. The van der Waals surface area contributed by atoms with Crippen molar-refractivity contribution in [3.05, 3.63) is 86.9 Å². The highest BCUT2D eigenvalue weighted by molar-refractivity contribution is 7.09. The smallest absolute Gasteiger partial charge is 0.316 e. The van der Waals surface area contributed by atoms with Gasteiger partial charge in [-0.25, -0.2) is 9.18 Å². The number of halogens is 1. The number of nitrogens with two attached hydrogens (primary N) is 1. The molecule has 6 heteroatoms. The third-order valence-corrected chi connectivity index (χ3v) is 5.75. The van der Waals surface area contributed by atoms with Crippen molar-refractivity contribution in [1.82, 2.24) is 0 Å². The van der Waals surface area contributed by atoms with E-state index in [4.69, 9.17) is 5.73 Å². The molecule has 1 aromatic heterocycles. The van der Waals surface area contributed by atoms with Crippen molar-refractivity contribution >= 4 is 28.8 Å². The number of fused-ring (bicyclic) bond motifs is 1. The van der Waals surface area contributed by atoms with Gasteiger partial charge in [0.25, 0.3) is 0 Å². The fourth-order valence-corrected chi connectivity index (χ4v) is 4.21. The highest BCUT2D eigenvalue weighted by Gasteiger charge is 2.20. The van der Waals surface area contributed by atoms with Crippen molar-refractivity contribution in [3.63, 3.8) is 0 Å². The zero-order valence-electron chi connectivity index (χ0n) is 15.2. The molecule has 0 saturated carbocycles. The van der Waals surface area contributed by atoms with Gasteiger partial charge in [0.15, 0.2) is 0 Å². The highest BCUT2D eigenvalue weighted by atomic mass is 32.1. The Labute approximate surface area is 166 Å². The summed E-state index contributed by atoms with van der Waals surface area (Å²) in [6.07, 6.45) is 2.56. The molecule has 0 spiro atoms. The lowest BCUT2D eigenvalue weighted by molar-refractivity contribution is 0.259. The largest absolute Gasteiger partial charge is 0.351 e. The molecule has 1 aliphatic rings. The average Bonchev–Trinajstić information content (AvgIpc) is 3.19. The van der Waals surface area contributed by atoms with Crippen molar-refractivity contribution in [1.29, 1.82) is 0 Å². The number of hydrogen-bond acceptors (Lipinski definition) is 3. The van der Waals surface area contributed by atoms with Crippen LogP contribution >= 0.6 is 11.3 Å². The second-order valence-electron chi connectivity index (χ2n) is 6.73. The third kappa shape index (κ3) is 3.97. The average molecular weight is 393 g/mol. The molecule has 2 aromatic carbocycles. The first kappa shape index (κ1) is 18.4. The topological polar surface area (TPSA) is 67.5 Å². The molecule has 0 aliphatic carbocycles. The van der Waals surface area contributed by atoms with E-state index in [0.717, 1.165) is 41.5 Å². The van der Waals surface area contributed by atoms with Crippen LogP contribution in [-0.4, -0.2) is 18.3 Å². The molecule has 0 radical (unpaired) electrons. The van der Waals surface area contributed by atoms with Crippen LogP contribution in [0.1, 0.15) is 27.1 Å². The van der Waals surface area contributed by atoms with E-state index < -0.39 is 6.03 Å². The van der Waals surface area contributed by atoms with E-state index in [2.05, 4.69) is 21.8 Å². The number of amides is 2. The van der Waals surface area contributed by atoms with Crippen LogP contribution in [0.3, 0.4) is 0 Å². The van der Waals surface area contributed by atoms with E-state index in [1.807, 2.05) is 24.3 Å². The number of urea groups is 1. The quantitative estimate of drug-likeness (QED) is 0.656. The first-order valence-electron chi connectivity index (χ1n) is 9.15. The van der Waals surface area contributed by atoms with Crippen molar-refractivity contribution < 1.29 is 9.18 Å². The Morgan fingerprint density at radius 2 is 2.04 bits per heavy atom. The Morgan fingerprint density at radius 1 is 1.14 bits per heavy atom. The number of carbonyl (C=O) groups excluding carboxylic acids is 1. The van der Waals surface area contributed by atoms with E-state index in [1.54, 1.807) is 17.4 Å². The third-order valence-electron chi connectivity index (χ3n) is 4.82. The Morgan fingerprint density at radius 3 is 2.82 bits per heavy atom. The number of nitrogens with zero attached hydrogens (tertiary/aromatic N) is 1. The molecule has 28 heavy (non-hydrogen) atoms. The van der Waals surface area contributed by atoms with Crippen LogP contribution in [0.25, 0.3) is 0 Å². The number of nitrogens with one attached hydrogen (secondary N) is 1. The highest BCUT2D eigenvalue weighted by Crippen LogP contribution is 2.27. The van der Waals surface area contributed by atoms with E-state index in [9.17, 15) is 9.18 Å². The van der Waals surface area contributed by atoms with Gasteiger partial charge in [-0.05, 0) is 60.0 Å². The molecule has 0 unspecified atom stereocenters. The summed E-state index contributed by atoms with van der Waals surface area (Å²) in [7, 11) is 0. The number of aryl methyl sites for hydroxylation is 2. The molecule has 0 bridgehead atoms. The van der Waals surface area contributed by atoms with Gasteiger partial charge in [-0.2, -0.15) is 0 Å². The Kier molecular flexibility index (Phi) is 5.21. The second kappa shape index (κ2) is 7.94. The van der Waals surface area contributed by atoms with Gasteiger partial charge < -0.3 is 11.1 Å². The molecule has 0 fully saturated rings. The van der Waals surface area contributed by atoms with Gasteiger partial charge in [-0.15, -0.1) is 11.3 Å². The minimum absolute atomic E-state index is 0.301. The predicted molar refractivity (Wildman–Crippen MR) is 112 cm³/mol. The minimum Gasteiger partial charge on any atom is -0.351 e. The lowest BCUT2D eigenvalue weighted by atomic mass is 9.91. The summed E-state index contributed by atoms with van der Waals surface area (Å²) >= 11 is 1.73. The molecule has 1 aliphatic heterocycles. The van der Waals surface area contributed by atoms with Crippen molar-refractivity contribution in [2.45, 2.75) is 19.3 Å². The number of thiophene rings is 1. The van der Waals surface area contributed by atoms with Crippen LogP contribution in [0.4, 0.5) is 14.9 Å². The molecule has 4 rings (SSSR count). The van der Waals surface area contributed by atoms with Gasteiger partial charge in [-0.1, -0.05) is 24.3 Å². The van der Waals surface area contributed by atoms with E-state index in [0.29, 0.717) is 17.9 Å². The Hall–Kier alpha value is -2.99. The molecule has 142 valence electrons. The van der Waals surface area contributed by atoms with Crippen LogP contribution < -0.4 is 11.1 Å². The van der Waals surface area contributed by atoms with Gasteiger partial charge in [0.1, 0.15) is 5.82 Å². The number of rotatable bonds is 5. The molecule has 0 saturated heterocycles. The monoisotopic (exact) mass is 393 g/mol. The first-order chi connectivity index (χ1) is 13.6. The van der Waals surface area contributed by atoms with Gasteiger partial charge in [0, 0.05) is 22.5 Å². The minimum atomic E-state index is -0.632. The van der Waals surface area contributed by atoms with Crippen LogP contribution in [0.15, 0.2) is 58.9 Å². The van der Waals surface area contributed by atoms with Crippen LogP contribution in [0.2, 0.25) is 0 Å². The van der Waals surface area contributed by atoms with Crippen LogP contribution in [0.5, 0.6) is 0 Å². The Bertz CT molecular complexity index is 1040. The molecular formula is C22H20FN3OS.